The highest BCUT2D eigenvalue weighted by Gasteiger charge is 2.21. The number of rotatable bonds is 3. The van der Waals surface area contributed by atoms with E-state index in [1.807, 2.05) is 36.9 Å². The third kappa shape index (κ3) is 3.97. The van der Waals surface area contributed by atoms with Crippen molar-refractivity contribution in [3.63, 3.8) is 0 Å². The third-order valence-electron chi connectivity index (χ3n) is 3.47. The Bertz CT molecular complexity index is 525. The molecule has 5 nitrogen and oxygen atoms in total. The molecule has 1 aromatic carbocycles. The zero-order chi connectivity index (χ0) is 15.2. The second-order valence-corrected chi connectivity index (χ2v) is 5.50. The minimum atomic E-state index is 0.0776. The molecule has 0 aliphatic carbocycles. The maximum absolute atomic E-state index is 12.4. The number of nitrogens with zero attached hydrogens (tertiary/aromatic N) is 2. The number of hydrogen-bond donors (Lipinski definition) is 2. The first-order valence-electron chi connectivity index (χ1n) is 7.47. The molecule has 1 aliphatic heterocycles. The lowest BCUT2D eigenvalue weighted by Crippen LogP contribution is -2.47. The number of para-hydroxylation sites is 1. The van der Waals surface area contributed by atoms with Gasteiger partial charge in [0.05, 0.1) is 6.54 Å². The molecule has 1 aliphatic rings. The van der Waals surface area contributed by atoms with Crippen LogP contribution in [0.3, 0.4) is 0 Å². The van der Waals surface area contributed by atoms with E-state index in [0.717, 1.165) is 25.1 Å². The molecule has 2 rings (SSSR count). The van der Waals surface area contributed by atoms with Gasteiger partial charge in [-0.2, -0.15) is 0 Å². The van der Waals surface area contributed by atoms with Crippen LogP contribution >= 0.6 is 0 Å². The van der Waals surface area contributed by atoms with Gasteiger partial charge < -0.3 is 15.5 Å². The van der Waals surface area contributed by atoms with Crippen molar-refractivity contribution in [3.05, 3.63) is 29.8 Å². The number of benzene rings is 1. The number of carbonyl (C=O) groups is 1. The van der Waals surface area contributed by atoms with Gasteiger partial charge in [0.1, 0.15) is 0 Å². The molecule has 0 bridgehead atoms. The molecule has 0 saturated carbocycles. The summed E-state index contributed by atoms with van der Waals surface area (Å²) in [7, 11) is 1.71. The smallest absolute Gasteiger partial charge is 0.246 e. The van der Waals surface area contributed by atoms with Crippen LogP contribution in [0.15, 0.2) is 29.3 Å². The van der Waals surface area contributed by atoms with Crippen molar-refractivity contribution in [2.75, 3.05) is 25.0 Å². The van der Waals surface area contributed by atoms with E-state index >= 15 is 0 Å². The average Bonchev–Trinajstić information content (AvgIpc) is 2.50. The second-order valence-electron chi connectivity index (χ2n) is 5.50. The fraction of sp³-hybridized carbons (Fsp3) is 0.500. The molecule has 2 N–H and O–H groups in total. The third-order valence-corrected chi connectivity index (χ3v) is 3.47. The number of guanidine groups is 1. The summed E-state index contributed by atoms with van der Waals surface area (Å²) in [6, 6.07) is 8.41. The van der Waals surface area contributed by atoms with Gasteiger partial charge in [-0.25, -0.2) is 0 Å². The summed E-state index contributed by atoms with van der Waals surface area (Å²) in [6.45, 7) is 5.11. The Morgan fingerprint density at radius 1 is 1.38 bits per heavy atom. The van der Waals surface area contributed by atoms with E-state index in [2.05, 4.69) is 21.7 Å². The fourth-order valence-corrected chi connectivity index (χ4v) is 2.52. The normalized spacial score (nSPS) is 14.9. The minimum absolute atomic E-state index is 0.0776. The molecule has 0 fully saturated rings. The summed E-state index contributed by atoms with van der Waals surface area (Å²) in [5.41, 5.74) is 2.30. The van der Waals surface area contributed by atoms with Gasteiger partial charge in [0, 0.05) is 25.3 Å². The zero-order valence-corrected chi connectivity index (χ0v) is 13.0. The average molecular weight is 288 g/mol. The van der Waals surface area contributed by atoms with E-state index < -0.39 is 0 Å². The zero-order valence-electron chi connectivity index (χ0n) is 13.0. The first-order chi connectivity index (χ1) is 10.1. The van der Waals surface area contributed by atoms with Crippen molar-refractivity contribution in [3.8, 4) is 0 Å². The number of aryl methyl sites for hydroxylation is 1. The van der Waals surface area contributed by atoms with Crippen LogP contribution < -0.4 is 15.5 Å². The van der Waals surface area contributed by atoms with Crippen LogP contribution in [0.2, 0.25) is 0 Å². The van der Waals surface area contributed by atoms with E-state index in [0.29, 0.717) is 5.96 Å². The molecule has 1 amide bonds. The Morgan fingerprint density at radius 2 is 2.14 bits per heavy atom. The largest absolute Gasteiger partial charge is 0.354 e. The lowest BCUT2D eigenvalue weighted by molar-refractivity contribution is -0.117. The van der Waals surface area contributed by atoms with Crippen molar-refractivity contribution in [2.45, 2.75) is 32.7 Å². The van der Waals surface area contributed by atoms with Crippen LogP contribution in [0, 0.1) is 0 Å². The summed E-state index contributed by atoms with van der Waals surface area (Å²) in [5.74, 6) is 0.734. The number of aliphatic imine (C=N–C) groups is 1. The van der Waals surface area contributed by atoms with E-state index in [-0.39, 0.29) is 18.5 Å². The molecule has 114 valence electrons. The molecular weight excluding hydrogens is 264 g/mol. The minimum Gasteiger partial charge on any atom is -0.354 e. The molecule has 1 heterocycles. The number of anilines is 1. The number of carbonyl (C=O) groups excluding carboxylic acids is 1. The van der Waals surface area contributed by atoms with Gasteiger partial charge in [0.15, 0.2) is 5.96 Å². The Labute approximate surface area is 126 Å². The quantitative estimate of drug-likeness (QED) is 0.655. The molecule has 0 aromatic heterocycles. The Hall–Kier alpha value is -2.04. The predicted octanol–water partition coefficient (Wildman–Crippen LogP) is 1.54. The number of hydrogen-bond acceptors (Lipinski definition) is 2. The van der Waals surface area contributed by atoms with Crippen LogP contribution in [-0.2, 0) is 11.2 Å². The molecule has 0 saturated heterocycles. The van der Waals surface area contributed by atoms with Crippen LogP contribution in [0.25, 0.3) is 0 Å². The summed E-state index contributed by atoms with van der Waals surface area (Å²) < 4.78 is 0. The number of amides is 1. The van der Waals surface area contributed by atoms with Crippen molar-refractivity contribution < 1.29 is 4.79 Å². The molecule has 21 heavy (non-hydrogen) atoms. The lowest BCUT2D eigenvalue weighted by atomic mass is 10.0. The standard InChI is InChI=1S/C16H24N4O/c1-12(2)19-16(17-3)18-11-15(21)20-10-6-8-13-7-4-5-9-14(13)20/h4-5,7,9,12H,6,8,10-11H2,1-3H3,(H2,17,18,19). The first kappa shape index (κ1) is 15.4. The molecule has 0 spiro atoms. The van der Waals surface area contributed by atoms with Crippen molar-refractivity contribution >= 4 is 17.6 Å². The van der Waals surface area contributed by atoms with Crippen molar-refractivity contribution in [1.82, 2.24) is 10.6 Å². The van der Waals surface area contributed by atoms with Crippen molar-refractivity contribution in [1.29, 1.82) is 0 Å². The van der Waals surface area contributed by atoms with Crippen LogP contribution in [0.4, 0.5) is 5.69 Å². The molecular formula is C16H24N4O. The van der Waals surface area contributed by atoms with Gasteiger partial charge in [-0.3, -0.25) is 9.79 Å². The topological polar surface area (TPSA) is 56.7 Å². The van der Waals surface area contributed by atoms with E-state index in [1.165, 1.54) is 5.56 Å². The summed E-state index contributed by atoms with van der Waals surface area (Å²) in [5, 5.41) is 6.25. The molecule has 0 radical (unpaired) electrons. The van der Waals surface area contributed by atoms with Gasteiger partial charge >= 0.3 is 0 Å². The van der Waals surface area contributed by atoms with Crippen LogP contribution in [0.5, 0.6) is 0 Å². The van der Waals surface area contributed by atoms with E-state index in [9.17, 15) is 4.79 Å². The monoisotopic (exact) mass is 288 g/mol. The van der Waals surface area contributed by atoms with Gasteiger partial charge in [-0.15, -0.1) is 0 Å². The summed E-state index contributed by atoms with van der Waals surface area (Å²) >= 11 is 0. The SMILES string of the molecule is CN=C(NCC(=O)N1CCCc2ccccc21)NC(C)C. The highest BCUT2D eigenvalue weighted by Crippen LogP contribution is 2.26. The van der Waals surface area contributed by atoms with Gasteiger partial charge in [0.2, 0.25) is 5.91 Å². The lowest BCUT2D eigenvalue weighted by Gasteiger charge is -2.29. The fourth-order valence-electron chi connectivity index (χ4n) is 2.52. The van der Waals surface area contributed by atoms with Gasteiger partial charge in [-0.1, -0.05) is 18.2 Å². The van der Waals surface area contributed by atoms with Gasteiger partial charge in [0.25, 0.3) is 0 Å². The predicted molar refractivity (Wildman–Crippen MR) is 86.7 cm³/mol. The second kappa shape index (κ2) is 7.11. The maximum atomic E-state index is 12.4. The van der Waals surface area contributed by atoms with E-state index in [1.54, 1.807) is 7.05 Å². The Kier molecular flexibility index (Phi) is 5.20. The molecule has 1 aromatic rings. The molecule has 0 atom stereocenters. The van der Waals surface area contributed by atoms with Crippen molar-refractivity contribution in [2.24, 2.45) is 4.99 Å². The Balaban J connectivity index is 1.99. The van der Waals surface area contributed by atoms with Gasteiger partial charge in [-0.05, 0) is 38.3 Å². The molecule has 5 heteroatoms. The highest BCUT2D eigenvalue weighted by atomic mass is 16.2. The van der Waals surface area contributed by atoms with Crippen LogP contribution in [-0.4, -0.2) is 38.0 Å². The van der Waals surface area contributed by atoms with E-state index in [4.69, 9.17) is 0 Å². The summed E-state index contributed by atoms with van der Waals surface area (Å²) in [6.07, 6.45) is 2.06. The first-order valence-corrected chi connectivity index (χ1v) is 7.47. The highest BCUT2D eigenvalue weighted by molar-refractivity contribution is 5.98. The Morgan fingerprint density at radius 3 is 2.86 bits per heavy atom. The number of nitrogens with one attached hydrogen (secondary N) is 2. The maximum Gasteiger partial charge on any atom is 0.246 e. The van der Waals surface area contributed by atoms with Crippen LogP contribution in [0.1, 0.15) is 25.8 Å². The summed E-state index contributed by atoms with van der Waals surface area (Å²) in [4.78, 5) is 18.4. The number of fused-ring (bicyclic) bond motifs is 1. The molecule has 0 unspecified atom stereocenters.